The molecule has 2 aromatic heterocycles. The van der Waals surface area contributed by atoms with Gasteiger partial charge >= 0.3 is 0 Å². The van der Waals surface area contributed by atoms with Gasteiger partial charge in [-0.2, -0.15) is 0 Å². The maximum Gasteiger partial charge on any atom is 0.259 e. The summed E-state index contributed by atoms with van der Waals surface area (Å²) in [5.41, 5.74) is 8.77. The Kier molecular flexibility index (Phi) is 6.19. The van der Waals surface area contributed by atoms with Crippen molar-refractivity contribution in [2.45, 2.75) is 32.7 Å². The Morgan fingerprint density at radius 3 is 2.76 bits per heavy atom. The number of amides is 1. The lowest BCUT2D eigenvalue weighted by molar-refractivity contribution is 0.0663. The summed E-state index contributed by atoms with van der Waals surface area (Å²) in [4.78, 5) is 19.7. The predicted molar refractivity (Wildman–Crippen MR) is 111 cm³/mol. The zero-order valence-electron chi connectivity index (χ0n) is 16.4. The number of carbonyl (C=O) groups excluding carboxylic acids is 1. The Balaban J connectivity index is 0.00000240. The molecule has 8 heteroatoms. The fraction of sp³-hybridized carbons (Fsp3) is 0.381. The number of likely N-dealkylation sites (tertiary alicyclic amines) is 1. The number of nitrogens with two attached hydrogens (primary N) is 1. The first-order valence-electron chi connectivity index (χ1n) is 9.52. The van der Waals surface area contributed by atoms with Crippen molar-refractivity contribution >= 4 is 29.4 Å². The van der Waals surface area contributed by atoms with Gasteiger partial charge in [-0.05, 0) is 62.9 Å². The summed E-state index contributed by atoms with van der Waals surface area (Å²) in [7, 11) is 0. The SMILES string of the molecule is Cc1noc2nc(-c3ccc(F)cc3)cc(C(=O)N3CCCC(C(C)N)C3)c12.Cl. The van der Waals surface area contributed by atoms with Gasteiger partial charge in [-0.25, -0.2) is 9.37 Å². The van der Waals surface area contributed by atoms with Gasteiger partial charge in [-0.3, -0.25) is 4.79 Å². The molecule has 1 amide bonds. The van der Waals surface area contributed by atoms with E-state index in [0.29, 0.717) is 46.7 Å². The lowest BCUT2D eigenvalue weighted by Crippen LogP contribution is -2.45. The van der Waals surface area contributed by atoms with Crippen LogP contribution in [0.15, 0.2) is 34.9 Å². The highest BCUT2D eigenvalue weighted by atomic mass is 35.5. The molecular formula is C21H24ClFN4O2. The van der Waals surface area contributed by atoms with Gasteiger partial charge in [-0.1, -0.05) is 5.16 Å². The molecule has 2 atom stereocenters. The first kappa shape index (κ1) is 21.2. The Bertz CT molecular complexity index is 1020. The number of aryl methyl sites for hydroxylation is 1. The number of piperidine rings is 1. The van der Waals surface area contributed by atoms with Crippen molar-refractivity contribution < 1.29 is 13.7 Å². The average Bonchev–Trinajstić information content (AvgIpc) is 3.08. The van der Waals surface area contributed by atoms with E-state index in [1.807, 2.05) is 11.8 Å². The fourth-order valence-electron chi connectivity index (χ4n) is 3.83. The predicted octanol–water partition coefficient (Wildman–Crippen LogP) is 3.96. The van der Waals surface area contributed by atoms with Crippen LogP contribution in [-0.4, -0.2) is 40.1 Å². The maximum absolute atomic E-state index is 13.4. The van der Waals surface area contributed by atoms with Gasteiger partial charge in [0.15, 0.2) is 0 Å². The van der Waals surface area contributed by atoms with Gasteiger partial charge in [0.05, 0.1) is 22.3 Å². The molecule has 1 fully saturated rings. The lowest BCUT2D eigenvalue weighted by atomic mass is 9.91. The van der Waals surface area contributed by atoms with Crippen molar-refractivity contribution in [3.05, 3.63) is 47.4 Å². The highest BCUT2D eigenvalue weighted by molar-refractivity contribution is 6.07. The number of benzene rings is 1. The third kappa shape index (κ3) is 4.11. The standard InChI is InChI=1S/C21H23FN4O2.ClH/c1-12(23)15-4-3-9-26(11-15)21(27)17-10-18(14-5-7-16(22)8-6-14)24-20-19(17)13(2)25-28-20;/h5-8,10,12,15H,3-4,9,11,23H2,1-2H3;1H. The van der Waals surface area contributed by atoms with Crippen LogP contribution >= 0.6 is 12.4 Å². The molecule has 0 saturated carbocycles. The Hall–Kier alpha value is -2.51. The second kappa shape index (κ2) is 8.47. The summed E-state index contributed by atoms with van der Waals surface area (Å²) in [6.45, 7) is 5.11. The summed E-state index contributed by atoms with van der Waals surface area (Å²) >= 11 is 0. The zero-order chi connectivity index (χ0) is 19.8. The smallest absolute Gasteiger partial charge is 0.259 e. The molecule has 2 unspecified atom stereocenters. The number of rotatable bonds is 3. The second-order valence-electron chi connectivity index (χ2n) is 7.52. The van der Waals surface area contributed by atoms with Gasteiger partial charge in [0.1, 0.15) is 5.82 Å². The minimum atomic E-state index is -0.327. The molecule has 154 valence electrons. The van der Waals surface area contributed by atoms with Crippen LogP contribution in [0.3, 0.4) is 0 Å². The maximum atomic E-state index is 13.4. The fourth-order valence-corrected chi connectivity index (χ4v) is 3.83. The molecule has 29 heavy (non-hydrogen) atoms. The third-order valence-corrected chi connectivity index (χ3v) is 5.48. The lowest BCUT2D eigenvalue weighted by Gasteiger charge is -2.34. The van der Waals surface area contributed by atoms with Gasteiger partial charge in [0.25, 0.3) is 11.6 Å². The highest BCUT2D eigenvalue weighted by Gasteiger charge is 2.29. The van der Waals surface area contributed by atoms with E-state index >= 15 is 0 Å². The van der Waals surface area contributed by atoms with E-state index in [4.69, 9.17) is 10.3 Å². The van der Waals surface area contributed by atoms with Crippen LogP contribution in [-0.2, 0) is 0 Å². The van der Waals surface area contributed by atoms with Crippen LogP contribution in [0.5, 0.6) is 0 Å². The molecule has 6 nitrogen and oxygen atoms in total. The number of hydrogen-bond acceptors (Lipinski definition) is 5. The summed E-state index contributed by atoms with van der Waals surface area (Å²) in [5.74, 6) is -0.116. The van der Waals surface area contributed by atoms with Crippen LogP contribution < -0.4 is 5.73 Å². The number of nitrogens with zero attached hydrogens (tertiary/aromatic N) is 3. The average molecular weight is 419 g/mol. The van der Waals surface area contributed by atoms with Crippen LogP contribution in [0.2, 0.25) is 0 Å². The molecule has 0 radical (unpaired) electrons. The van der Waals surface area contributed by atoms with Gasteiger partial charge in [0.2, 0.25) is 0 Å². The molecule has 1 saturated heterocycles. The zero-order valence-corrected chi connectivity index (χ0v) is 17.2. The molecule has 0 bridgehead atoms. The molecule has 3 heterocycles. The van der Waals surface area contributed by atoms with Crippen molar-refractivity contribution in [2.24, 2.45) is 11.7 Å². The summed E-state index contributed by atoms with van der Waals surface area (Å²) < 4.78 is 18.6. The molecule has 4 rings (SSSR count). The minimum absolute atomic E-state index is 0. The molecule has 0 aliphatic carbocycles. The van der Waals surface area contributed by atoms with Crippen molar-refractivity contribution in [2.75, 3.05) is 13.1 Å². The number of halogens is 2. The number of pyridine rings is 1. The van der Waals surface area contributed by atoms with E-state index in [1.54, 1.807) is 25.1 Å². The second-order valence-corrected chi connectivity index (χ2v) is 7.52. The van der Waals surface area contributed by atoms with E-state index in [0.717, 1.165) is 12.8 Å². The van der Waals surface area contributed by atoms with E-state index in [1.165, 1.54) is 12.1 Å². The summed E-state index contributed by atoms with van der Waals surface area (Å²) in [6, 6.07) is 7.79. The molecule has 1 aliphatic rings. The van der Waals surface area contributed by atoms with E-state index in [-0.39, 0.29) is 36.1 Å². The van der Waals surface area contributed by atoms with E-state index < -0.39 is 0 Å². The van der Waals surface area contributed by atoms with Crippen LogP contribution in [0.25, 0.3) is 22.4 Å². The van der Waals surface area contributed by atoms with E-state index in [2.05, 4.69) is 10.1 Å². The Labute approximate surface area is 174 Å². The summed E-state index contributed by atoms with van der Waals surface area (Å²) in [5, 5.41) is 4.61. The number of carbonyl (C=O) groups is 1. The molecule has 1 aromatic carbocycles. The van der Waals surface area contributed by atoms with Crippen molar-refractivity contribution in [3.8, 4) is 11.3 Å². The summed E-state index contributed by atoms with van der Waals surface area (Å²) in [6.07, 6.45) is 1.96. The highest BCUT2D eigenvalue weighted by Crippen LogP contribution is 2.29. The third-order valence-electron chi connectivity index (χ3n) is 5.48. The number of hydrogen-bond donors (Lipinski definition) is 1. The van der Waals surface area contributed by atoms with E-state index in [9.17, 15) is 9.18 Å². The van der Waals surface area contributed by atoms with Gasteiger partial charge < -0.3 is 15.2 Å². The monoisotopic (exact) mass is 418 g/mol. The molecule has 0 spiro atoms. The van der Waals surface area contributed by atoms with Crippen molar-refractivity contribution in [3.63, 3.8) is 0 Å². The quantitative estimate of drug-likeness (QED) is 0.695. The minimum Gasteiger partial charge on any atom is -0.338 e. The normalized spacial score (nSPS) is 17.8. The first-order valence-corrected chi connectivity index (χ1v) is 9.52. The Morgan fingerprint density at radius 1 is 1.34 bits per heavy atom. The molecule has 1 aliphatic heterocycles. The number of fused-ring (bicyclic) bond motifs is 1. The molecule has 3 aromatic rings. The molecular weight excluding hydrogens is 395 g/mol. The van der Waals surface area contributed by atoms with Crippen molar-refractivity contribution in [1.29, 1.82) is 0 Å². The van der Waals surface area contributed by atoms with Crippen LogP contribution in [0, 0.1) is 18.7 Å². The first-order chi connectivity index (χ1) is 13.4. The van der Waals surface area contributed by atoms with Crippen LogP contribution in [0.4, 0.5) is 4.39 Å². The Morgan fingerprint density at radius 2 is 2.07 bits per heavy atom. The number of aromatic nitrogens is 2. The largest absolute Gasteiger partial charge is 0.338 e. The van der Waals surface area contributed by atoms with Crippen LogP contribution in [0.1, 0.15) is 35.8 Å². The van der Waals surface area contributed by atoms with Gasteiger partial charge in [-0.15, -0.1) is 12.4 Å². The van der Waals surface area contributed by atoms with Crippen molar-refractivity contribution in [1.82, 2.24) is 15.0 Å². The van der Waals surface area contributed by atoms with Gasteiger partial charge in [0, 0.05) is 24.7 Å². The molecule has 2 N–H and O–H groups in total. The topological polar surface area (TPSA) is 85.2 Å².